The van der Waals surface area contributed by atoms with Crippen molar-refractivity contribution >= 4 is 46.2 Å². The first kappa shape index (κ1) is 50.1. The first-order valence-corrected chi connectivity index (χ1v) is 27.1. The normalized spacial score (nSPS) is 25.1. The topological polar surface area (TPSA) is 216 Å². The molecule has 4 aromatic rings. The van der Waals surface area contributed by atoms with Gasteiger partial charge in [0.1, 0.15) is 29.8 Å². The van der Waals surface area contributed by atoms with E-state index in [1.807, 2.05) is 12.1 Å². The van der Waals surface area contributed by atoms with Crippen molar-refractivity contribution in [1.82, 2.24) is 35.1 Å². The van der Waals surface area contributed by atoms with Crippen LogP contribution in [-0.2, 0) is 49.7 Å². The highest BCUT2D eigenvalue weighted by atomic mass is 16.5. The second kappa shape index (κ2) is 23.2. The first-order chi connectivity index (χ1) is 35.2. The van der Waals surface area contributed by atoms with Crippen molar-refractivity contribution < 1.29 is 34.1 Å². The Bertz CT molecular complexity index is 2540. The lowest BCUT2D eigenvalue weighted by atomic mass is 9.54. The number of amides is 1. The first-order valence-electron chi connectivity index (χ1n) is 27.1. The third-order valence-corrected chi connectivity index (χ3v) is 16.6. The molecule has 11 rings (SSSR count). The number of anilines is 3. The van der Waals surface area contributed by atoms with Crippen molar-refractivity contribution in [3.05, 3.63) is 76.9 Å². The number of hydrogen-bond donors (Lipinski definition) is 6. The van der Waals surface area contributed by atoms with E-state index in [0.29, 0.717) is 50.7 Å². The second-order valence-corrected chi connectivity index (χ2v) is 21.5. The predicted molar refractivity (Wildman–Crippen MR) is 275 cm³/mol. The number of piperidine rings is 2. The molecule has 5 fully saturated rings. The van der Waals surface area contributed by atoms with Gasteiger partial charge in [-0.1, -0.05) is 24.3 Å². The predicted octanol–water partition coefficient (Wildman–Crippen LogP) is 6.81. The van der Waals surface area contributed by atoms with Gasteiger partial charge in [-0.15, -0.1) is 0 Å². The van der Waals surface area contributed by atoms with E-state index < -0.39 is 29.4 Å². The Morgan fingerprint density at radius 1 is 0.778 bits per heavy atom. The molecule has 1 aromatic carbocycles. The zero-order valence-corrected chi connectivity index (χ0v) is 41.8. The summed E-state index contributed by atoms with van der Waals surface area (Å²) in [4.78, 5) is 63.5. The Kier molecular flexibility index (Phi) is 16.1. The van der Waals surface area contributed by atoms with Crippen LogP contribution in [0.3, 0.4) is 0 Å². The highest BCUT2D eigenvalue weighted by Gasteiger charge is 2.51. The summed E-state index contributed by atoms with van der Waals surface area (Å²) in [5.74, 6) is 0.534. The Morgan fingerprint density at radius 2 is 1.47 bits per heavy atom. The van der Waals surface area contributed by atoms with E-state index in [4.69, 9.17) is 24.4 Å². The summed E-state index contributed by atoms with van der Waals surface area (Å²) in [5, 5.41) is 34.5. The van der Waals surface area contributed by atoms with Gasteiger partial charge in [-0.25, -0.2) is 29.5 Å². The number of aryl methyl sites for hydroxylation is 3. The third-order valence-electron chi connectivity index (χ3n) is 16.6. The Labute approximate surface area is 423 Å². The minimum Gasteiger partial charge on any atom is -0.480 e. The zero-order chi connectivity index (χ0) is 49.4. The van der Waals surface area contributed by atoms with Gasteiger partial charge in [0.25, 0.3) is 0 Å². The number of nitrogens with one attached hydrogen (secondary N) is 4. The molecule has 17 nitrogen and oxygen atoms in total. The van der Waals surface area contributed by atoms with Gasteiger partial charge >= 0.3 is 11.9 Å². The lowest BCUT2D eigenvalue weighted by Gasteiger charge is -2.50. The molecule has 7 heterocycles. The van der Waals surface area contributed by atoms with Crippen molar-refractivity contribution in [3.63, 3.8) is 0 Å². The molecule has 0 spiro atoms. The van der Waals surface area contributed by atoms with E-state index >= 15 is 0 Å². The van der Waals surface area contributed by atoms with E-state index in [2.05, 4.69) is 66.4 Å². The van der Waals surface area contributed by atoms with Crippen LogP contribution in [0.15, 0.2) is 48.8 Å². The van der Waals surface area contributed by atoms with Gasteiger partial charge in [0.05, 0.1) is 30.0 Å². The number of carboxylic acids is 2. The number of likely N-dealkylation sites (tertiary alicyclic amines) is 2. The molecule has 1 unspecified atom stereocenters. The molecule has 6 N–H and O–H groups in total. The Hall–Kier alpha value is -5.49. The highest BCUT2D eigenvalue weighted by Crippen LogP contribution is 2.57. The standard InChI is InChI=1S/C55H74N10O7/c66-52(67)46(21-29-71-41-11-6-27-64(32-41)26-2-1-10-39-17-15-37-8-4-24-56-49(37)60-39)62-51-44-14-3-13-43(48(44)58-35-59-51)45-30-55(22-19-36(45)20-23-55)54(70)63-47(53(68)69)34-72-42-12-7-28-65(33-42)31-40-18-16-38-9-5-25-57-50(38)61-40/h3,13-18,35-36,41-42,45-47H,1-2,4-12,19-34H2,(H,56,60)(H,57,61)(H,63,70)(H,66,67)(H,68,69)(H,58,59,62)/t36?,41-,42-,45?,46-,47-,55?/m1/s1. The molecule has 17 heteroatoms. The SMILES string of the molecule is O=C(O)[C@@H](CO[C@@H]1CCCN(Cc2ccc3c(n2)NCCC3)C1)NC(=O)C12CCC(CC1)C(c1cccc3c(N[C@H](CCO[C@@H]4CCCN(CCCCc5ccc6c(n5)NCCC6)C4)C(=O)O)ncnc13)C2. The highest BCUT2D eigenvalue weighted by molar-refractivity contribution is 5.93. The fourth-order valence-corrected chi connectivity index (χ4v) is 12.6. The minimum atomic E-state index is -1.17. The van der Waals surface area contributed by atoms with E-state index in [9.17, 15) is 24.6 Å². The smallest absolute Gasteiger partial charge is 0.328 e. The molecule has 0 radical (unpaired) electrons. The summed E-state index contributed by atoms with van der Waals surface area (Å²) in [6, 6.07) is 12.5. The molecule has 1 amide bonds. The van der Waals surface area contributed by atoms with Gasteiger partial charge in [-0.05, 0) is 169 Å². The van der Waals surface area contributed by atoms with Crippen LogP contribution >= 0.6 is 0 Å². The number of aliphatic carboxylic acids is 2. The number of hydrogen-bond acceptors (Lipinski definition) is 14. The van der Waals surface area contributed by atoms with Gasteiger partial charge < -0.3 is 45.9 Å². The molecule has 3 saturated carbocycles. The quantitative estimate of drug-likeness (QED) is 0.0473. The maximum Gasteiger partial charge on any atom is 0.328 e. The van der Waals surface area contributed by atoms with Crippen LogP contribution in [0.5, 0.6) is 0 Å². The van der Waals surface area contributed by atoms with Gasteiger partial charge in [0.2, 0.25) is 5.91 Å². The van der Waals surface area contributed by atoms with Crippen LogP contribution in [0, 0.1) is 11.3 Å². The lowest BCUT2D eigenvalue weighted by Crippen LogP contribution is -2.54. The fourth-order valence-electron chi connectivity index (χ4n) is 12.6. The molecule has 4 aliphatic heterocycles. The summed E-state index contributed by atoms with van der Waals surface area (Å²) in [6.45, 7) is 7.34. The van der Waals surface area contributed by atoms with Crippen molar-refractivity contribution in [3.8, 4) is 0 Å². The van der Waals surface area contributed by atoms with Gasteiger partial charge in [-0.2, -0.15) is 0 Å². The third kappa shape index (κ3) is 12.0. The molecule has 3 aromatic heterocycles. The maximum absolute atomic E-state index is 14.4. The number of carbonyl (C=O) groups excluding carboxylic acids is 1. The number of fused-ring (bicyclic) bond motifs is 6. The number of para-hydroxylation sites is 1. The monoisotopic (exact) mass is 987 g/mol. The number of benzene rings is 1. The number of pyridine rings is 2. The van der Waals surface area contributed by atoms with E-state index in [-0.39, 0.29) is 37.1 Å². The van der Waals surface area contributed by atoms with Gasteiger partial charge in [0.15, 0.2) is 6.04 Å². The van der Waals surface area contributed by atoms with Crippen molar-refractivity contribution in [1.29, 1.82) is 0 Å². The van der Waals surface area contributed by atoms with Crippen LogP contribution in [0.25, 0.3) is 10.9 Å². The van der Waals surface area contributed by atoms with E-state index in [0.717, 1.165) is 162 Å². The Balaban J connectivity index is 0.710. The molecule has 2 bridgehead atoms. The van der Waals surface area contributed by atoms with Crippen LogP contribution in [0.1, 0.15) is 124 Å². The lowest BCUT2D eigenvalue weighted by molar-refractivity contribution is -0.149. The molecule has 2 saturated heterocycles. The maximum atomic E-state index is 14.4. The number of carbonyl (C=O) groups is 3. The van der Waals surface area contributed by atoms with Gasteiger partial charge in [-0.3, -0.25) is 9.69 Å². The van der Waals surface area contributed by atoms with Crippen molar-refractivity contribution in [2.75, 3.05) is 75.0 Å². The average Bonchev–Trinajstić information content (AvgIpc) is 3.41. The Morgan fingerprint density at radius 3 is 2.22 bits per heavy atom. The molecule has 72 heavy (non-hydrogen) atoms. The molecule has 7 aliphatic rings. The average molecular weight is 987 g/mol. The molecule has 386 valence electrons. The van der Waals surface area contributed by atoms with Crippen molar-refractivity contribution in [2.45, 2.75) is 146 Å². The van der Waals surface area contributed by atoms with Crippen molar-refractivity contribution in [2.24, 2.45) is 11.3 Å². The number of carboxylic acid groups (broad SMARTS) is 2. The van der Waals surface area contributed by atoms with E-state index in [1.165, 1.54) is 17.5 Å². The molecular weight excluding hydrogens is 913 g/mol. The molecule has 3 aliphatic carbocycles. The summed E-state index contributed by atoms with van der Waals surface area (Å²) in [6.07, 6.45) is 16.7. The number of unbranched alkanes of at least 4 members (excludes halogenated alkanes) is 1. The molecular formula is C55H74N10O7. The minimum absolute atomic E-state index is 0.0141. The van der Waals surface area contributed by atoms with Crippen LogP contribution in [0.2, 0.25) is 0 Å². The second-order valence-electron chi connectivity index (χ2n) is 21.5. The molecule has 5 atom stereocenters. The summed E-state index contributed by atoms with van der Waals surface area (Å²) >= 11 is 0. The van der Waals surface area contributed by atoms with E-state index in [1.54, 1.807) is 0 Å². The zero-order valence-electron chi connectivity index (χ0n) is 41.8. The van der Waals surface area contributed by atoms with Gasteiger partial charge in [0, 0.05) is 62.2 Å². The van der Waals surface area contributed by atoms with Crippen LogP contribution in [-0.4, -0.2) is 141 Å². The van der Waals surface area contributed by atoms with Crippen LogP contribution in [0.4, 0.5) is 17.5 Å². The number of nitrogens with zero attached hydrogens (tertiary/aromatic N) is 6. The summed E-state index contributed by atoms with van der Waals surface area (Å²) < 4.78 is 12.6. The van der Waals surface area contributed by atoms with Crippen LogP contribution < -0.4 is 21.3 Å². The number of aromatic nitrogens is 4. The largest absolute Gasteiger partial charge is 0.480 e. The summed E-state index contributed by atoms with van der Waals surface area (Å²) in [5.41, 5.74) is 5.76. The number of ether oxygens (including phenoxy) is 2. The number of rotatable bonds is 21. The fraction of sp³-hybridized carbons (Fsp3) is 0.618. The summed E-state index contributed by atoms with van der Waals surface area (Å²) in [7, 11) is 0.